The number of nitrogens with zero attached hydrogens (tertiary/aromatic N) is 4. The number of aryl methyl sites for hydroxylation is 2. The molecule has 2 aromatic heterocycles. The molecule has 28 heavy (non-hydrogen) atoms. The fraction of sp³-hybridized carbons (Fsp3) is 0.350. The number of rotatable bonds is 4. The second-order valence-corrected chi connectivity index (χ2v) is 8.53. The van der Waals surface area contributed by atoms with E-state index >= 15 is 0 Å². The molecule has 1 fully saturated rings. The van der Waals surface area contributed by atoms with Gasteiger partial charge in [0.05, 0.1) is 11.9 Å². The summed E-state index contributed by atoms with van der Waals surface area (Å²) in [6.07, 6.45) is 1.55. The summed E-state index contributed by atoms with van der Waals surface area (Å²) >= 11 is 7.74. The van der Waals surface area contributed by atoms with Crippen LogP contribution in [0.5, 0.6) is 0 Å². The van der Waals surface area contributed by atoms with Crippen LogP contribution in [-0.4, -0.2) is 53.5 Å². The number of anilines is 2. The zero-order chi connectivity index (χ0) is 19.7. The molecule has 8 heteroatoms. The molecule has 0 spiro atoms. The van der Waals surface area contributed by atoms with Crippen molar-refractivity contribution >= 4 is 50.6 Å². The Morgan fingerprint density at radius 1 is 1.21 bits per heavy atom. The van der Waals surface area contributed by atoms with Crippen molar-refractivity contribution in [2.24, 2.45) is 0 Å². The lowest BCUT2D eigenvalue weighted by Crippen LogP contribution is -2.50. The van der Waals surface area contributed by atoms with E-state index in [0.717, 1.165) is 39.8 Å². The highest BCUT2D eigenvalue weighted by molar-refractivity contribution is 7.18. The van der Waals surface area contributed by atoms with Crippen molar-refractivity contribution < 1.29 is 4.79 Å². The maximum atomic E-state index is 12.7. The minimum absolute atomic E-state index is 0.0853. The summed E-state index contributed by atoms with van der Waals surface area (Å²) in [5, 5.41) is 4.97. The van der Waals surface area contributed by atoms with Crippen molar-refractivity contribution in [3.05, 3.63) is 46.1 Å². The lowest BCUT2D eigenvalue weighted by atomic mass is 10.2. The molecular formula is C20H22ClN5OS. The number of aromatic nitrogens is 2. The van der Waals surface area contributed by atoms with Gasteiger partial charge in [0, 0.05) is 41.8 Å². The van der Waals surface area contributed by atoms with Gasteiger partial charge in [0.2, 0.25) is 5.91 Å². The van der Waals surface area contributed by atoms with Gasteiger partial charge in [-0.3, -0.25) is 4.79 Å². The van der Waals surface area contributed by atoms with Crippen LogP contribution >= 0.6 is 22.9 Å². The molecule has 1 aromatic carbocycles. The van der Waals surface area contributed by atoms with E-state index in [9.17, 15) is 4.79 Å². The average molecular weight is 416 g/mol. The van der Waals surface area contributed by atoms with Gasteiger partial charge in [-0.2, -0.15) is 0 Å². The van der Waals surface area contributed by atoms with Crippen LogP contribution in [0.15, 0.2) is 30.6 Å². The molecule has 1 amide bonds. The minimum atomic E-state index is 0.0853. The van der Waals surface area contributed by atoms with Crippen molar-refractivity contribution in [2.75, 3.05) is 42.9 Å². The predicted molar refractivity (Wildman–Crippen MR) is 116 cm³/mol. The molecule has 0 unspecified atom stereocenters. The molecule has 6 nitrogen and oxygen atoms in total. The van der Waals surface area contributed by atoms with Crippen LogP contribution in [0, 0.1) is 13.8 Å². The zero-order valence-corrected chi connectivity index (χ0v) is 17.5. The van der Waals surface area contributed by atoms with Crippen LogP contribution < -0.4 is 10.2 Å². The third-order valence-electron chi connectivity index (χ3n) is 5.18. The summed E-state index contributed by atoms with van der Waals surface area (Å²) in [5.41, 5.74) is 2.27. The van der Waals surface area contributed by atoms with Crippen molar-refractivity contribution in [3.63, 3.8) is 0 Å². The summed E-state index contributed by atoms with van der Waals surface area (Å²) < 4.78 is 0. The second kappa shape index (κ2) is 7.93. The molecule has 4 rings (SSSR count). The number of piperazine rings is 1. The summed E-state index contributed by atoms with van der Waals surface area (Å²) in [6, 6.07) is 7.84. The summed E-state index contributed by atoms with van der Waals surface area (Å²) in [5.74, 6) is 0.819. The fourth-order valence-electron chi connectivity index (χ4n) is 3.47. The third-order valence-corrected chi connectivity index (χ3v) is 6.53. The molecule has 1 saturated heterocycles. The first-order chi connectivity index (χ1) is 13.5. The number of carbonyl (C=O) groups excluding carboxylic acids is 1. The fourth-order valence-corrected chi connectivity index (χ4v) is 4.66. The van der Waals surface area contributed by atoms with Crippen molar-refractivity contribution in [1.82, 2.24) is 14.9 Å². The third kappa shape index (κ3) is 3.77. The van der Waals surface area contributed by atoms with Crippen LogP contribution in [0.3, 0.4) is 0 Å². The maximum Gasteiger partial charge on any atom is 0.242 e. The number of thiophene rings is 1. The van der Waals surface area contributed by atoms with Gasteiger partial charge in [-0.1, -0.05) is 17.7 Å². The Labute approximate surface area is 173 Å². The number of carbonyl (C=O) groups is 1. The summed E-state index contributed by atoms with van der Waals surface area (Å²) in [6.45, 7) is 7.37. The van der Waals surface area contributed by atoms with Crippen LogP contribution in [-0.2, 0) is 4.79 Å². The Morgan fingerprint density at radius 2 is 2.00 bits per heavy atom. The highest BCUT2D eigenvalue weighted by Crippen LogP contribution is 2.32. The lowest BCUT2D eigenvalue weighted by Gasteiger charge is -2.36. The Kier molecular flexibility index (Phi) is 5.37. The normalized spacial score (nSPS) is 14.5. The topological polar surface area (TPSA) is 61.4 Å². The molecule has 1 aliphatic heterocycles. The monoisotopic (exact) mass is 415 g/mol. The van der Waals surface area contributed by atoms with Gasteiger partial charge in [0.1, 0.15) is 17.0 Å². The number of benzene rings is 1. The van der Waals surface area contributed by atoms with Crippen LogP contribution in [0.4, 0.5) is 11.5 Å². The molecule has 1 aliphatic rings. The smallest absolute Gasteiger partial charge is 0.242 e. The molecule has 0 saturated carbocycles. The average Bonchev–Trinajstić information content (AvgIpc) is 3.00. The zero-order valence-electron chi connectivity index (χ0n) is 15.9. The molecular weight excluding hydrogens is 394 g/mol. The quantitative estimate of drug-likeness (QED) is 0.703. The molecule has 0 aliphatic carbocycles. The molecule has 3 heterocycles. The number of fused-ring (bicyclic) bond motifs is 1. The van der Waals surface area contributed by atoms with Gasteiger partial charge in [0.25, 0.3) is 0 Å². The molecule has 0 radical (unpaired) electrons. The van der Waals surface area contributed by atoms with Crippen LogP contribution in [0.1, 0.15) is 10.4 Å². The van der Waals surface area contributed by atoms with Crippen molar-refractivity contribution in [3.8, 4) is 0 Å². The number of hydrogen-bond donors (Lipinski definition) is 1. The van der Waals surface area contributed by atoms with E-state index in [0.29, 0.717) is 13.1 Å². The Bertz CT molecular complexity index is 1010. The number of nitrogens with one attached hydrogen (secondary N) is 1. The highest BCUT2D eigenvalue weighted by atomic mass is 35.5. The lowest BCUT2D eigenvalue weighted by molar-refractivity contribution is -0.129. The second-order valence-electron chi connectivity index (χ2n) is 6.89. The van der Waals surface area contributed by atoms with E-state index in [-0.39, 0.29) is 12.5 Å². The number of amides is 1. The largest absolute Gasteiger partial charge is 0.368 e. The standard InChI is InChI=1S/C20H22ClN5OS/c1-13-14(2)28-20-18(13)19(23-12-24-20)22-11-17(27)26-8-6-25(7-9-26)16-5-3-4-15(21)10-16/h3-5,10,12H,6-9,11H2,1-2H3,(H,22,23,24). The van der Waals surface area contributed by atoms with Gasteiger partial charge in [0.15, 0.2) is 0 Å². The Morgan fingerprint density at radius 3 is 2.75 bits per heavy atom. The van der Waals surface area contributed by atoms with Gasteiger partial charge >= 0.3 is 0 Å². The van der Waals surface area contributed by atoms with E-state index in [1.807, 2.05) is 23.1 Å². The summed E-state index contributed by atoms with van der Waals surface area (Å²) in [4.78, 5) is 27.7. The van der Waals surface area contributed by atoms with Crippen LogP contribution in [0.25, 0.3) is 10.2 Å². The molecule has 1 N–H and O–H groups in total. The number of halogens is 1. The van der Waals surface area contributed by atoms with Gasteiger partial charge in [-0.15, -0.1) is 11.3 Å². The SMILES string of the molecule is Cc1sc2ncnc(NCC(=O)N3CCN(c4cccc(Cl)c4)CC3)c2c1C. The van der Waals surface area contributed by atoms with Gasteiger partial charge < -0.3 is 15.1 Å². The summed E-state index contributed by atoms with van der Waals surface area (Å²) in [7, 11) is 0. The minimum Gasteiger partial charge on any atom is -0.368 e. The number of hydrogen-bond acceptors (Lipinski definition) is 6. The van der Waals surface area contributed by atoms with E-state index in [4.69, 9.17) is 11.6 Å². The molecule has 3 aromatic rings. The van der Waals surface area contributed by atoms with Crippen molar-refractivity contribution in [1.29, 1.82) is 0 Å². The van der Waals surface area contributed by atoms with E-state index in [2.05, 4.69) is 40.1 Å². The first kappa shape index (κ1) is 19.0. The first-order valence-corrected chi connectivity index (χ1v) is 10.5. The Hall–Kier alpha value is -2.38. The molecule has 0 bridgehead atoms. The van der Waals surface area contributed by atoms with Crippen LogP contribution in [0.2, 0.25) is 5.02 Å². The van der Waals surface area contributed by atoms with E-state index in [1.165, 1.54) is 10.4 Å². The molecule has 146 valence electrons. The van der Waals surface area contributed by atoms with Crippen molar-refractivity contribution in [2.45, 2.75) is 13.8 Å². The van der Waals surface area contributed by atoms with E-state index < -0.39 is 0 Å². The Balaban J connectivity index is 1.37. The van der Waals surface area contributed by atoms with Gasteiger partial charge in [-0.25, -0.2) is 9.97 Å². The van der Waals surface area contributed by atoms with E-state index in [1.54, 1.807) is 17.7 Å². The molecule has 0 atom stereocenters. The highest BCUT2D eigenvalue weighted by Gasteiger charge is 2.22. The van der Waals surface area contributed by atoms with Gasteiger partial charge in [-0.05, 0) is 37.6 Å². The maximum absolute atomic E-state index is 12.7. The predicted octanol–water partition coefficient (Wildman–Crippen LogP) is 3.72. The first-order valence-electron chi connectivity index (χ1n) is 9.26.